The zero-order valence-corrected chi connectivity index (χ0v) is 20.6. The third kappa shape index (κ3) is 7.73. The van der Waals surface area contributed by atoms with Crippen molar-refractivity contribution < 1.29 is 19.7 Å². The quantitative estimate of drug-likeness (QED) is 0.371. The molecule has 0 aliphatic heterocycles. The van der Waals surface area contributed by atoms with Crippen molar-refractivity contribution in [3.63, 3.8) is 0 Å². The number of rotatable bonds is 11. The first-order chi connectivity index (χ1) is 14.4. The van der Waals surface area contributed by atoms with E-state index in [0.717, 1.165) is 32.1 Å². The molecule has 1 fully saturated rings. The molecule has 0 heterocycles. The number of carbonyl (C=O) groups excluding carboxylic acids is 1. The number of ether oxygens (including phenoxy) is 1. The number of nitrogens with zero attached hydrogens (tertiary/aromatic N) is 1. The number of hydrogen-bond donors (Lipinski definition) is 2. The maximum Gasteiger partial charge on any atom is 0.225 e. The van der Waals surface area contributed by atoms with Gasteiger partial charge in [-0.05, 0) is 70.8 Å². The average Bonchev–Trinajstić information content (AvgIpc) is 3.19. The predicted octanol–water partition coefficient (Wildman–Crippen LogP) is 4.48. The molecule has 178 valence electrons. The highest BCUT2D eigenvalue weighted by molar-refractivity contribution is 5.76. The number of allylic oxidation sites excluding steroid dienone is 1. The summed E-state index contributed by atoms with van der Waals surface area (Å²) in [6.45, 7) is 11.1. The fraction of sp³-hybridized carbons (Fsp3) is 0.808. The van der Waals surface area contributed by atoms with E-state index in [1.54, 1.807) is 4.90 Å². The average molecular weight is 436 g/mol. The summed E-state index contributed by atoms with van der Waals surface area (Å²) in [5, 5.41) is 21.0. The Labute approximate surface area is 189 Å². The van der Waals surface area contributed by atoms with Crippen LogP contribution in [0.4, 0.5) is 0 Å². The van der Waals surface area contributed by atoms with Crippen molar-refractivity contribution in [2.45, 2.75) is 96.8 Å². The molecule has 5 nitrogen and oxygen atoms in total. The molecule has 1 saturated carbocycles. The molecule has 0 aromatic carbocycles. The van der Waals surface area contributed by atoms with E-state index in [-0.39, 0.29) is 23.5 Å². The molecule has 2 N–H and O–H groups in total. The highest BCUT2D eigenvalue weighted by atomic mass is 16.5. The summed E-state index contributed by atoms with van der Waals surface area (Å²) >= 11 is 0. The molecule has 0 aromatic rings. The highest BCUT2D eigenvalue weighted by Crippen LogP contribution is 2.47. The largest absolute Gasteiger partial charge is 0.392 e. The Hall–Kier alpha value is -1.17. The Morgan fingerprint density at radius 2 is 2.03 bits per heavy atom. The van der Waals surface area contributed by atoms with Crippen LogP contribution in [0.1, 0.15) is 79.6 Å². The van der Waals surface area contributed by atoms with Crippen LogP contribution in [-0.2, 0) is 9.53 Å². The van der Waals surface area contributed by atoms with Crippen molar-refractivity contribution in [3.8, 4) is 0 Å². The van der Waals surface area contributed by atoms with Gasteiger partial charge in [-0.2, -0.15) is 0 Å². The number of fused-ring (bicyclic) bond motifs is 1. The lowest BCUT2D eigenvalue weighted by atomic mass is 9.88. The molecule has 0 radical (unpaired) electrons. The fourth-order valence-electron chi connectivity index (χ4n) is 4.76. The number of carbonyl (C=O) groups is 1. The summed E-state index contributed by atoms with van der Waals surface area (Å²) in [4.78, 5) is 14.0. The lowest BCUT2D eigenvalue weighted by Crippen LogP contribution is -2.42. The van der Waals surface area contributed by atoms with Crippen molar-refractivity contribution in [3.05, 3.63) is 23.8 Å². The third-order valence-electron chi connectivity index (χ3n) is 7.06. The minimum Gasteiger partial charge on any atom is -0.392 e. The number of unbranched alkanes of at least 4 members (excludes halogenated alkanes) is 1. The van der Waals surface area contributed by atoms with Crippen LogP contribution in [0.15, 0.2) is 23.8 Å². The first kappa shape index (κ1) is 26.1. The second-order valence-corrected chi connectivity index (χ2v) is 10.9. The molecule has 31 heavy (non-hydrogen) atoms. The minimum atomic E-state index is -0.666. The second-order valence-electron chi connectivity index (χ2n) is 10.9. The van der Waals surface area contributed by atoms with Gasteiger partial charge in [-0.25, -0.2) is 0 Å². The summed E-state index contributed by atoms with van der Waals surface area (Å²) < 4.78 is 5.81. The van der Waals surface area contributed by atoms with E-state index < -0.39 is 5.60 Å². The van der Waals surface area contributed by atoms with Crippen LogP contribution in [0.5, 0.6) is 0 Å². The molecular weight excluding hydrogens is 390 g/mol. The van der Waals surface area contributed by atoms with E-state index in [1.807, 2.05) is 34.7 Å². The van der Waals surface area contributed by atoms with Gasteiger partial charge in [0.25, 0.3) is 0 Å². The topological polar surface area (TPSA) is 70.0 Å². The molecule has 0 aromatic heterocycles. The van der Waals surface area contributed by atoms with Crippen LogP contribution < -0.4 is 0 Å². The highest BCUT2D eigenvalue weighted by Gasteiger charge is 2.43. The van der Waals surface area contributed by atoms with Crippen LogP contribution in [0.3, 0.4) is 0 Å². The summed E-state index contributed by atoms with van der Waals surface area (Å²) in [5.41, 5.74) is 0.447. The van der Waals surface area contributed by atoms with E-state index in [1.165, 1.54) is 5.57 Å². The van der Waals surface area contributed by atoms with Crippen molar-refractivity contribution >= 4 is 5.91 Å². The standard InChI is InChI=1S/C26H45NO4/c1-7-8-12-26(5,30)13-9-10-21-22-16-19(15-20(22)17-23(21)28)18-31-14-11-24(29)27(6)25(2,3)4/h9-10,15,20-23,28,30H,7-8,11-14,16-18H2,1-6H3/t20-,21+,22-,23+,26-/m0/s1. The number of aliphatic hydroxyl groups excluding tert-OH is 1. The fourth-order valence-corrected chi connectivity index (χ4v) is 4.76. The van der Waals surface area contributed by atoms with Gasteiger partial charge >= 0.3 is 0 Å². The zero-order chi connectivity index (χ0) is 23.2. The van der Waals surface area contributed by atoms with Crippen LogP contribution in [0, 0.1) is 17.8 Å². The molecule has 1 amide bonds. The van der Waals surface area contributed by atoms with Crippen molar-refractivity contribution in [1.29, 1.82) is 0 Å². The smallest absolute Gasteiger partial charge is 0.225 e. The molecule has 0 bridgehead atoms. The molecule has 0 unspecified atom stereocenters. The lowest BCUT2D eigenvalue weighted by Gasteiger charge is -2.32. The monoisotopic (exact) mass is 435 g/mol. The van der Waals surface area contributed by atoms with Crippen molar-refractivity contribution in [2.75, 3.05) is 20.3 Å². The van der Waals surface area contributed by atoms with Crippen molar-refractivity contribution in [2.24, 2.45) is 17.8 Å². The van der Waals surface area contributed by atoms with Crippen LogP contribution in [-0.4, -0.2) is 58.5 Å². The maximum absolute atomic E-state index is 12.2. The molecule has 0 saturated heterocycles. The summed E-state index contributed by atoms with van der Waals surface area (Å²) in [5.74, 6) is 1.06. The van der Waals surface area contributed by atoms with E-state index in [9.17, 15) is 15.0 Å². The van der Waals surface area contributed by atoms with E-state index in [0.29, 0.717) is 37.9 Å². The number of amides is 1. The lowest BCUT2D eigenvalue weighted by molar-refractivity contribution is -0.135. The van der Waals surface area contributed by atoms with E-state index in [4.69, 9.17) is 4.74 Å². The van der Waals surface area contributed by atoms with Gasteiger partial charge in [0.2, 0.25) is 5.91 Å². The summed E-state index contributed by atoms with van der Waals surface area (Å²) in [7, 11) is 1.84. The summed E-state index contributed by atoms with van der Waals surface area (Å²) in [6, 6.07) is 0. The van der Waals surface area contributed by atoms with Gasteiger partial charge in [0.15, 0.2) is 0 Å². The summed E-state index contributed by atoms with van der Waals surface area (Å²) in [6.07, 6.45) is 11.9. The first-order valence-electron chi connectivity index (χ1n) is 12.1. The Bertz CT molecular complexity index is 646. The number of hydrogen-bond acceptors (Lipinski definition) is 4. The Kier molecular flexibility index (Phi) is 9.35. The normalized spacial score (nSPS) is 27.9. The Morgan fingerprint density at radius 3 is 2.68 bits per heavy atom. The second kappa shape index (κ2) is 11.1. The van der Waals surface area contributed by atoms with E-state index >= 15 is 0 Å². The van der Waals surface area contributed by atoms with Gasteiger partial charge < -0.3 is 19.8 Å². The third-order valence-corrected chi connectivity index (χ3v) is 7.06. The SMILES string of the molecule is CCCC[C@](C)(O)CC=C[C@@H]1[C@H]2CC(COCCC(=O)N(C)C(C)(C)C)=C[C@H]2C[C@H]1O. The molecule has 0 spiro atoms. The molecular formula is C26H45NO4. The Balaban J connectivity index is 1.77. The molecule has 2 aliphatic carbocycles. The van der Waals surface area contributed by atoms with Gasteiger partial charge in [-0.15, -0.1) is 0 Å². The zero-order valence-electron chi connectivity index (χ0n) is 20.6. The van der Waals surface area contributed by atoms with Gasteiger partial charge in [0, 0.05) is 18.5 Å². The van der Waals surface area contributed by atoms with Crippen molar-refractivity contribution in [1.82, 2.24) is 4.90 Å². The van der Waals surface area contributed by atoms with Gasteiger partial charge in [-0.3, -0.25) is 4.79 Å². The molecule has 2 aliphatic rings. The first-order valence-corrected chi connectivity index (χ1v) is 12.1. The van der Waals surface area contributed by atoms with Crippen LogP contribution in [0.2, 0.25) is 0 Å². The van der Waals surface area contributed by atoms with Gasteiger partial charge in [0.1, 0.15) is 0 Å². The van der Waals surface area contributed by atoms with Crippen LogP contribution in [0.25, 0.3) is 0 Å². The minimum absolute atomic E-state index is 0.105. The molecule has 5 atom stereocenters. The molecule has 5 heteroatoms. The molecule has 2 rings (SSSR count). The van der Waals surface area contributed by atoms with Crippen LogP contribution >= 0.6 is 0 Å². The maximum atomic E-state index is 12.2. The van der Waals surface area contributed by atoms with Gasteiger partial charge in [-0.1, -0.05) is 38.0 Å². The van der Waals surface area contributed by atoms with Gasteiger partial charge in [0.05, 0.1) is 31.3 Å². The predicted molar refractivity (Wildman–Crippen MR) is 126 cm³/mol. The Morgan fingerprint density at radius 1 is 1.32 bits per heavy atom. The number of aliphatic hydroxyl groups is 2. The van der Waals surface area contributed by atoms with E-state index in [2.05, 4.69) is 25.2 Å².